The van der Waals surface area contributed by atoms with Crippen LogP contribution in [0.4, 0.5) is 10.1 Å². The second kappa shape index (κ2) is 7.88. The number of piperazine rings is 1. The fraction of sp³-hybridized carbons (Fsp3) is 0.526. The normalized spacial score (nSPS) is 17.4. The number of carbonyl (C=O) groups is 1. The summed E-state index contributed by atoms with van der Waals surface area (Å²) in [5, 5.41) is 9.43. The van der Waals surface area contributed by atoms with Crippen molar-refractivity contribution in [1.82, 2.24) is 19.7 Å². The molecule has 8 heteroatoms. The lowest BCUT2D eigenvalue weighted by atomic mass is 10.2. The van der Waals surface area contributed by atoms with Crippen LogP contribution in [0.1, 0.15) is 31.5 Å². The van der Waals surface area contributed by atoms with Gasteiger partial charge in [-0.3, -0.25) is 4.79 Å². The number of amides is 1. The molecule has 1 aliphatic carbocycles. The van der Waals surface area contributed by atoms with Gasteiger partial charge in [0.1, 0.15) is 11.6 Å². The average molecular weight is 390 g/mol. The molecule has 0 spiro atoms. The van der Waals surface area contributed by atoms with Crippen LogP contribution in [0.25, 0.3) is 0 Å². The minimum Gasteiger partial charge on any atom is -0.366 e. The highest BCUT2D eigenvalue weighted by Gasteiger charge is 2.30. The predicted molar refractivity (Wildman–Crippen MR) is 104 cm³/mol. The fourth-order valence-corrected chi connectivity index (χ4v) is 4.38. The summed E-state index contributed by atoms with van der Waals surface area (Å²) >= 11 is 1.46. The minimum absolute atomic E-state index is 0.104. The Morgan fingerprint density at radius 3 is 2.59 bits per heavy atom. The van der Waals surface area contributed by atoms with Crippen LogP contribution >= 0.6 is 11.8 Å². The number of hydrogen-bond acceptors (Lipinski definition) is 5. The summed E-state index contributed by atoms with van der Waals surface area (Å²) in [5.41, 5.74) is 0.614. The molecule has 0 atom stereocenters. The fourth-order valence-electron chi connectivity index (χ4n) is 3.47. The first kappa shape index (κ1) is 18.3. The molecule has 1 saturated heterocycles. The third kappa shape index (κ3) is 3.95. The summed E-state index contributed by atoms with van der Waals surface area (Å²) in [4.78, 5) is 16.5. The lowest BCUT2D eigenvalue weighted by Crippen LogP contribution is -2.49. The molecule has 2 aromatic rings. The number of nitrogens with zero attached hydrogens (tertiary/aromatic N) is 5. The molecule has 27 heavy (non-hydrogen) atoms. The van der Waals surface area contributed by atoms with E-state index < -0.39 is 0 Å². The van der Waals surface area contributed by atoms with E-state index in [9.17, 15) is 9.18 Å². The van der Waals surface area contributed by atoms with Crippen molar-refractivity contribution >= 4 is 23.4 Å². The highest BCUT2D eigenvalue weighted by Crippen LogP contribution is 2.40. The van der Waals surface area contributed by atoms with Crippen LogP contribution in [0.2, 0.25) is 0 Å². The molecule has 2 heterocycles. The van der Waals surface area contributed by atoms with E-state index in [-0.39, 0.29) is 11.7 Å². The summed E-state index contributed by atoms with van der Waals surface area (Å²) in [6.45, 7) is 5.44. The van der Waals surface area contributed by atoms with Crippen molar-refractivity contribution in [3.05, 3.63) is 35.9 Å². The molecule has 1 amide bonds. The molecule has 2 fully saturated rings. The standard InChI is InChI=1S/C19H24FN5OS/c1-2-25-18(14-7-8-14)21-22-19(25)27-13-17(26)24-11-9-23(10-12-24)16-6-4-3-5-15(16)20/h3-6,14H,2,7-13H2,1H3. The van der Waals surface area contributed by atoms with Gasteiger partial charge in [0.15, 0.2) is 5.16 Å². The third-order valence-corrected chi connectivity index (χ3v) is 6.11. The summed E-state index contributed by atoms with van der Waals surface area (Å²) < 4.78 is 16.1. The van der Waals surface area contributed by atoms with Crippen LogP contribution in [0, 0.1) is 5.82 Å². The van der Waals surface area contributed by atoms with Crippen molar-refractivity contribution < 1.29 is 9.18 Å². The Bertz CT molecular complexity index is 814. The Morgan fingerprint density at radius 1 is 1.19 bits per heavy atom. The molecule has 1 aromatic carbocycles. The van der Waals surface area contributed by atoms with Gasteiger partial charge in [-0.1, -0.05) is 23.9 Å². The van der Waals surface area contributed by atoms with Gasteiger partial charge >= 0.3 is 0 Å². The number of carbonyl (C=O) groups excluding carboxylic acids is 1. The van der Waals surface area contributed by atoms with Gasteiger partial charge in [0, 0.05) is 38.6 Å². The maximum absolute atomic E-state index is 13.9. The van der Waals surface area contributed by atoms with Crippen LogP contribution in [-0.2, 0) is 11.3 Å². The van der Waals surface area contributed by atoms with Gasteiger partial charge in [0.05, 0.1) is 11.4 Å². The number of para-hydroxylation sites is 1. The molecule has 1 aliphatic heterocycles. The van der Waals surface area contributed by atoms with Crippen LogP contribution in [0.5, 0.6) is 0 Å². The lowest BCUT2D eigenvalue weighted by Gasteiger charge is -2.36. The summed E-state index contributed by atoms with van der Waals surface area (Å²) in [5.74, 6) is 1.87. The van der Waals surface area contributed by atoms with Gasteiger partial charge in [-0.15, -0.1) is 10.2 Å². The van der Waals surface area contributed by atoms with E-state index in [2.05, 4.69) is 21.7 Å². The largest absolute Gasteiger partial charge is 0.366 e. The zero-order chi connectivity index (χ0) is 18.8. The number of rotatable bonds is 6. The lowest BCUT2D eigenvalue weighted by molar-refractivity contribution is -0.128. The second-order valence-corrected chi connectivity index (χ2v) is 7.91. The smallest absolute Gasteiger partial charge is 0.233 e. The molecular weight excluding hydrogens is 365 g/mol. The van der Waals surface area contributed by atoms with Gasteiger partial charge in [0.25, 0.3) is 0 Å². The highest BCUT2D eigenvalue weighted by molar-refractivity contribution is 7.99. The van der Waals surface area contributed by atoms with E-state index in [0.29, 0.717) is 43.5 Å². The van der Waals surface area contributed by atoms with E-state index in [1.54, 1.807) is 12.1 Å². The maximum Gasteiger partial charge on any atom is 0.233 e. The zero-order valence-corrected chi connectivity index (χ0v) is 16.3. The number of hydrogen-bond donors (Lipinski definition) is 0. The minimum atomic E-state index is -0.210. The molecule has 1 saturated carbocycles. The first-order valence-electron chi connectivity index (χ1n) is 9.50. The number of benzene rings is 1. The highest BCUT2D eigenvalue weighted by atomic mass is 32.2. The quantitative estimate of drug-likeness (QED) is 0.711. The SMILES string of the molecule is CCn1c(SCC(=O)N2CCN(c3ccccc3F)CC2)nnc1C1CC1. The van der Waals surface area contributed by atoms with E-state index in [0.717, 1.165) is 17.5 Å². The molecule has 0 N–H and O–H groups in total. The Morgan fingerprint density at radius 2 is 1.93 bits per heavy atom. The van der Waals surface area contributed by atoms with E-state index >= 15 is 0 Å². The van der Waals surface area contributed by atoms with Crippen molar-refractivity contribution in [2.45, 2.75) is 37.4 Å². The molecular formula is C19H24FN5OS. The Balaban J connectivity index is 1.31. The van der Waals surface area contributed by atoms with Crippen LogP contribution in [0.15, 0.2) is 29.4 Å². The van der Waals surface area contributed by atoms with E-state index in [1.807, 2.05) is 15.9 Å². The summed E-state index contributed by atoms with van der Waals surface area (Å²) in [7, 11) is 0. The number of aromatic nitrogens is 3. The topological polar surface area (TPSA) is 54.3 Å². The first-order valence-corrected chi connectivity index (χ1v) is 10.5. The molecule has 2 aliphatic rings. The average Bonchev–Trinajstić information content (AvgIpc) is 3.46. The van der Waals surface area contributed by atoms with E-state index in [1.165, 1.54) is 30.7 Å². The number of thioether (sulfide) groups is 1. The van der Waals surface area contributed by atoms with Gasteiger partial charge in [-0.25, -0.2) is 4.39 Å². The molecule has 0 bridgehead atoms. The van der Waals surface area contributed by atoms with Crippen molar-refractivity contribution in [1.29, 1.82) is 0 Å². The predicted octanol–water partition coefficient (Wildman–Crippen LogP) is 2.76. The van der Waals surface area contributed by atoms with Gasteiger partial charge < -0.3 is 14.4 Å². The Hall–Kier alpha value is -2.09. The molecule has 1 aromatic heterocycles. The number of anilines is 1. The molecule has 144 valence electrons. The first-order chi connectivity index (χ1) is 13.2. The second-order valence-electron chi connectivity index (χ2n) is 6.97. The van der Waals surface area contributed by atoms with Crippen LogP contribution in [0.3, 0.4) is 0 Å². The number of halogens is 1. The molecule has 0 radical (unpaired) electrons. The molecule has 6 nitrogen and oxygen atoms in total. The maximum atomic E-state index is 13.9. The zero-order valence-electron chi connectivity index (χ0n) is 15.5. The van der Waals surface area contributed by atoms with Crippen molar-refractivity contribution in [2.75, 3.05) is 36.8 Å². The third-order valence-electron chi connectivity index (χ3n) is 5.15. The molecule has 4 rings (SSSR count). The van der Waals surface area contributed by atoms with Crippen molar-refractivity contribution in [3.8, 4) is 0 Å². The van der Waals surface area contributed by atoms with Crippen molar-refractivity contribution in [2.24, 2.45) is 0 Å². The Kier molecular flexibility index (Phi) is 5.33. The van der Waals surface area contributed by atoms with Gasteiger partial charge in [-0.05, 0) is 31.9 Å². The van der Waals surface area contributed by atoms with Crippen LogP contribution < -0.4 is 4.90 Å². The Labute approximate surface area is 162 Å². The van der Waals surface area contributed by atoms with Crippen molar-refractivity contribution in [3.63, 3.8) is 0 Å². The van der Waals surface area contributed by atoms with Gasteiger partial charge in [-0.2, -0.15) is 0 Å². The van der Waals surface area contributed by atoms with Gasteiger partial charge in [0.2, 0.25) is 5.91 Å². The summed E-state index contributed by atoms with van der Waals surface area (Å²) in [6.07, 6.45) is 2.38. The monoisotopic (exact) mass is 389 g/mol. The summed E-state index contributed by atoms with van der Waals surface area (Å²) in [6, 6.07) is 6.80. The van der Waals surface area contributed by atoms with Crippen LogP contribution in [-0.4, -0.2) is 57.5 Å². The molecule has 0 unspecified atom stereocenters. The van der Waals surface area contributed by atoms with E-state index in [4.69, 9.17) is 0 Å².